The number of aliphatic hydroxyl groups is 1. The Hall–Kier alpha value is -1.88. The maximum absolute atomic E-state index is 11.8. The largest absolute Gasteiger partial charge is 0.480 e. The van der Waals surface area contributed by atoms with E-state index in [0.717, 1.165) is 11.1 Å². The molecule has 1 atom stereocenters. The molecule has 1 rings (SSSR count). The van der Waals surface area contributed by atoms with Gasteiger partial charge in [0.15, 0.2) is 6.04 Å². The maximum Gasteiger partial charge on any atom is 0.328 e. The van der Waals surface area contributed by atoms with Crippen LogP contribution in [0.1, 0.15) is 21.5 Å². The number of hydrogen-bond acceptors (Lipinski definition) is 3. The molecule has 0 saturated heterocycles. The van der Waals surface area contributed by atoms with E-state index in [2.05, 4.69) is 5.32 Å². The second-order valence-corrected chi connectivity index (χ2v) is 3.87. The molecule has 0 aliphatic carbocycles. The first-order valence-corrected chi connectivity index (χ1v) is 5.17. The molecule has 0 heterocycles. The summed E-state index contributed by atoms with van der Waals surface area (Å²) in [6.45, 7) is 3.05. The van der Waals surface area contributed by atoms with Gasteiger partial charge in [0.05, 0.1) is 6.61 Å². The van der Waals surface area contributed by atoms with Gasteiger partial charge in [-0.15, -0.1) is 0 Å². The fourth-order valence-electron chi connectivity index (χ4n) is 1.49. The summed E-state index contributed by atoms with van der Waals surface area (Å²) in [6.07, 6.45) is 0. The van der Waals surface area contributed by atoms with Crippen molar-refractivity contribution in [3.05, 3.63) is 34.9 Å². The van der Waals surface area contributed by atoms with Crippen molar-refractivity contribution in [1.82, 2.24) is 5.32 Å². The lowest BCUT2D eigenvalue weighted by molar-refractivity contribution is -0.140. The van der Waals surface area contributed by atoms with E-state index in [-0.39, 0.29) is 0 Å². The van der Waals surface area contributed by atoms with Gasteiger partial charge in [0.25, 0.3) is 5.91 Å². The van der Waals surface area contributed by atoms with Crippen LogP contribution in [-0.4, -0.2) is 34.7 Å². The van der Waals surface area contributed by atoms with Gasteiger partial charge in [-0.3, -0.25) is 4.79 Å². The smallest absolute Gasteiger partial charge is 0.328 e. The first-order chi connectivity index (χ1) is 7.95. The summed E-state index contributed by atoms with van der Waals surface area (Å²) < 4.78 is 0. The zero-order valence-corrected chi connectivity index (χ0v) is 9.73. The Kier molecular flexibility index (Phi) is 4.23. The van der Waals surface area contributed by atoms with Gasteiger partial charge in [-0.05, 0) is 25.5 Å². The zero-order valence-electron chi connectivity index (χ0n) is 9.73. The highest BCUT2D eigenvalue weighted by atomic mass is 16.4. The number of benzene rings is 1. The van der Waals surface area contributed by atoms with E-state index in [4.69, 9.17) is 10.2 Å². The van der Waals surface area contributed by atoms with Gasteiger partial charge in [0.2, 0.25) is 0 Å². The van der Waals surface area contributed by atoms with Gasteiger partial charge < -0.3 is 15.5 Å². The van der Waals surface area contributed by atoms with E-state index in [1.165, 1.54) is 0 Å². The van der Waals surface area contributed by atoms with E-state index in [1.807, 2.05) is 13.0 Å². The van der Waals surface area contributed by atoms with Gasteiger partial charge in [0, 0.05) is 5.56 Å². The molecule has 0 aliphatic heterocycles. The molecule has 0 aromatic heterocycles. The minimum absolute atomic E-state index is 0.412. The van der Waals surface area contributed by atoms with Gasteiger partial charge >= 0.3 is 5.97 Å². The molecular formula is C12H15NO4. The van der Waals surface area contributed by atoms with Crippen LogP contribution in [0, 0.1) is 13.8 Å². The van der Waals surface area contributed by atoms with Gasteiger partial charge in [0.1, 0.15) is 0 Å². The van der Waals surface area contributed by atoms with Crippen LogP contribution in [0.25, 0.3) is 0 Å². The Morgan fingerprint density at radius 1 is 1.35 bits per heavy atom. The molecule has 0 radical (unpaired) electrons. The molecule has 1 amide bonds. The Balaban J connectivity index is 2.86. The van der Waals surface area contributed by atoms with E-state index >= 15 is 0 Å². The fraction of sp³-hybridized carbons (Fsp3) is 0.333. The summed E-state index contributed by atoms with van der Waals surface area (Å²) in [6, 6.07) is 3.97. The van der Waals surface area contributed by atoms with Crippen LogP contribution in [0.3, 0.4) is 0 Å². The summed E-state index contributed by atoms with van der Waals surface area (Å²) in [5.41, 5.74) is 2.20. The average Bonchev–Trinajstić information content (AvgIpc) is 2.24. The molecule has 0 aliphatic rings. The Morgan fingerprint density at radius 2 is 2.00 bits per heavy atom. The number of carbonyl (C=O) groups excluding carboxylic acids is 1. The molecule has 17 heavy (non-hydrogen) atoms. The molecule has 0 fully saturated rings. The molecular weight excluding hydrogens is 222 g/mol. The minimum atomic E-state index is -1.27. The van der Waals surface area contributed by atoms with Crippen molar-refractivity contribution in [2.75, 3.05) is 6.61 Å². The van der Waals surface area contributed by atoms with Crippen LogP contribution in [0.2, 0.25) is 0 Å². The fourth-order valence-corrected chi connectivity index (χ4v) is 1.49. The predicted molar refractivity (Wildman–Crippen MR) is 61.9 cm³/mol. The lowest BCUT2D eigenvalue weighted by atomic mass is 10.0. The molecule has 92 valence electrons. The molecule has 0 bridgehead atoms. The maximum atomic E-state index is 11.8. The second kappa shape index (κ2) is 5.45. The Morgan fingerprint density at radius 3 is 2.47 bits per heavy atom. The van der Waals surface area contributed by atoms with Crippen molar-refractivity contribution in [3.8, 4) is 0 Å². The van der Waals surface area contributed by atoms with E-state index in [9.17, 15) is 9.59 Å². The van der Waals surface area contributed by atoms with Gasteiger partial charge in [-0.1, -0.05) is 17.7 Å². The third-order valence-electron chi connectivity index (χ3n) is 2.41. The standard InChI is InChI=1S/C12H15NO4/c1-7-3-4-9(8(2)5-7)11(15)13-10(6-14)12(16)17/h3-5,10,14H,6H2,1-2H3,(H,13,15)(H,16,17)/t10-/m0/s1. The van der Waals surface area contributed by atoms with Gasteiger partial charge in [-0.25, -0.2) is 4.79 Å². The van der Waals surface area contributed by atoms with E-state index in [1.54, 1.807) is 19.1 Å². The molecule has 5 heteroatoms. The van der Waals surface area contributed by atoms with Crippen LogP contribution in [0.5, 0.6) is 0 Å². The van der Waals surface area contributed by atoms with Crippen LogP contribution < -0.4 is 5.32 Å². The summed E-state index contributed by atoms with van der Waals surface area (Å²) in [4.78, 5) is 22.4. The number of aliphatic hydroxyl groups excluding tert-OH is 1. The first kappa shape index (κ1) is 13.2. The average molecular weight is 237 g/mol. The highest BCUT2D eigenvalue weighted by Crippen LogP contribution is 2.10. The van der Waals surface area contributed by atoms with Crippen molar-refractivity contribution in [3.63, 3.8) is 0 Å². The number of carboxylic acids is 1. The molecule has 0 spiro atoms. The van der Waals surface area contributed by atoms with Crippen LogP contribution >= 0.6 is 0 Å². The van der Waals surface area contributed by atoms with Crippen molar-refractivity contribution < 1.29 is 19.8 Å². The highest BCUT2D eigenvalue weighted by Gasteiger charge is 2.20. The Labute approximate surface area is 99.1 Å². The molecule has 3 N–H and O–H groups in total. The number of amides is 1. The van der Waals surface area contributed by atoms with Crippen LogP contribution in [0.4, 0.5) is 0 Å². The van der Waals surface area contributed by atoms with E-state index < -0.39 is 24.5 Å². The van der Waals surface area contributed by atoms with Crippen LogP contribution in [0.15, 0.2) is 18.2 Å². The number of hydrogen-bond donors (Lipinski definition) is 3. The number of carbonyl (C=O) groups is 2. The normalized spacial score (nSPS) is 11.9. The lowest BCUT2D eigenvalue weighted by Crippen LogP contribution is -2.43. The molecule has 1 aromatic rings. The van der Waals surface area contributed by atoms with Gasteiger partial charge in [-0.2, -0.15) is 0 Å². The van der Waals surface area contributed by atoms with Crippen LogP contribution in [-0.2, 0) is 4.79 Å². The topological polar surface area (TPSA) is 86.6 Å². The second-order valence-electron chi connectivity index (χ2n) is 3.87. The van der Waals surface area contributed by atoms with Crippen molar-refractivity contribution in [1.29, 1.82) is 0 Å². The molecule has 0 saturated carbocycles. The lowest BCUT2D eigenvalue weighted by Gasteiger charge is -2.13. The molecule has 1 aromatic carbocycles. The molecule has 0 unspecified atom stereocenters. The predicted octanol–water partition coefficient (Wildman–Crippen LogP) is 0.479. The van der Waals surface area contributed by atoms with E-state index in [0.29, 0.717) is 5.56 Å². The molecule has 5 nitrogen and oxygen atoms in total. The zero-order chi connectivity index (χ0) is 13.0. The highest BCUT2D eigenvalue weighted by molar-refractivity contribution is 5.97. The monoisotopic (exact) mass is 237 g/mol. The third kappa shape index (κ3) is 3.29. The Bertz CT molecular complexity index is 442. The number of rotatable bonds is 4. The summed E-state index contributed by atoms with van der Waals surface area (Å²) in [7, 11) is 0. The van der Waals surface area contributed by atoms with Crippen molar-refractivity contribution in [2.45, 2.75) is 19.9 Å². The van der Waals surface area contributed by atoms with Crippen molar-refractivity contribution in [2.24, 2.45) is 0 Å². The first-order valence-electron chi connectivity index (χ1n) is 5.17. The quantitative estimate of drug-likeness (QED) is 0.710. The summed E-state index contributed by atoms with van der Waals surface area (Å²) >= 11 is 0. The summed E-state index contributed by atoms with van der Waals surface area (Å²) in [5, 5.41) is 19.8. The third-order valence-corrected chi connectivity index (χ3v) is 2.41. The SMILES string of the molecule is Cc1ccc(C(=O)N[C@@H](CO)C(=O)O)c(C)c1. The minimum Gasteiger partial charge on any atom is -0.480 e. The number of nitrogens with one attached hydrogen (secondary N) is 1. The van der Waals surface area contributed by atoms with Crippen molar-refractivity contribution >= 4 is 11.9 Å². The number of aryl methyl sites for hydroxylation is 2. The number of carboxylic acid groups (broad SMARTS) is 1. The summed E-state index contributed by atoms with van der Waals surface area (Å²) in [5.74, 6) is -1.76. The number of aliphatic carboxylic acids is 1.